The minimum absolute atomic E-state index is 0.253. The van der Waals surface area contributed by atoms with E-state index in [1.165, 1.54) is 24.4 Å². The standard InChI is InChI=1S/C25H18F7N3O/c1-16(34-35-21(17-9-4-2-5-10-17)18-11-6-3-7-12-18)19-13-8-14-20(15-19)33-22(36)23(26,27)24(28,29)25(30,31)32/h2-15H,1H3,(H,33,36). The second kappa shape index (κ2) is 10.3. The van der Waals surface area contributed by atoms with Gasteiger partial charge in [-0.2, -0.15) is 35.8 Å². The molecular weight excluding hydrogens is 491 g/mol. The Labute approximate surface area is 201 Å². The lowest BCUT2D eigenvalue weighted by Crippen LogP contribution is -2.57. The fourth-order valence-electron chi connectivity index (χ4n) is 3.01. The van der Waals surface area contributed by atoms with Crippen molar-refractivity contribution in [3.05, 3.63) is 102 Å². The molecule has 0 atom stereocenters. The van der Waals surface area contributed by atoms with Crippen LogP contribution >= 0.6 is 0 Å². The number of hydrogen-bond acceptors (Lipinski definition) is 3. The Morgan fingerprint density at radius 2 is 1.19 bits per heavy atom. The van der Waals surface area contributed by atoms with Gasteiger partial charge in [-0.3, -0.25) is 4.79 Å². The molecule has 0 radical (unpaired) electrons. The highest BCUT2D eigenvalue weighted by atomic mass is 19.4. The van der Waals surface area contributed by atoms with Crippen LogP contribution in [0.5, 0.6) is 0 Å². The number of carbonyl (C=O) groups excluding carboxylic acids is 1. The van der Waals surface area contributed by atoms with Crippen molar-refractivity contribution >= 4 is 23.0 Å². The third-order valence-electron chi connectivity index (χ3n) is 4.97. The van der Waals surface area contributed by atoms with E-state index >= 15 is 0 Å². The van der Waals surface area contributed by atoms with Crippen LogP contribution in [0.25, 0.3) is 0 Å². The Kier molecular flexibility index (Phi) is 7.61. The minimum atomic E-state index is -6.62. The van der Waals surface area contributed by atoms with Gasteiger partial charge in [0.05, 0.1) is 5.71 Å². The van der Waals surface area contributed by atoms with E-state index < -0.39 is 29.6 Å². The number of rotatable bonds is 7. The molecule has 0 heterocycles. The lowest BCUT2D eigenvalue weighted by Gasteiger charge is -2.27. The summed E-state index contributed by atoms with van der Waals surface area (Å²) in [5.74, 6) is -15.4. The Morgan fingerprint density at radius 3 is 1.69 bits per heavy atom. The van der Waals surface area contributed by atoms with E-state index in [4.69, 9.17) is 0 Å². The molecule has 4 nitrogen and oxygen atoms in total. The van der Waals surface area contributed by atoms with Gasteiger partial charge in [-0.15, -0.1) is 5.10 Å². The van der Waals surface area contributed by atoms with Crippen LogP contribution in [-0.4, -0.2) is 35.4 Å². The number of hydrogen-bond donors (Lipinski definition) is 1. The second-order valence-electron chi connectivity index (χ2n) is 7.55. The number of alkyl halides is 7. The number of benzene rings is 3. The monoisotopic (exact) mass is 509 g/mol. The van der Waals surface area contributed by atoms with Crippen molar-refractivity contribution in [2.45, 2.75) is 24.9 Å². The van der Waals surface area contributed by atoms with Gasteiger partial charge in [0.25, 0.3) is 0 Å². The number of halogens is 7. The van der Waals surface area contributed by atoms with Crippen LogP contribution in [0.4, 0.5) is 36.4 Å². The van der Waals surface area contributed by atoms with Crippen LogP contribution in [0.1, 0.15) is 23.6 Å². The summed E-state index contributed by atoms with van der Waals surface area (Å²) in [5.41, 5.74) is 2.11. The molecule has 0 unspecified atom stereocenters. The van der Waals surface area contributed by atoms with Crippen LogP contribution < -0.4 is 5.32 Å². The van der Waals surface area contributed by atoms with E-state index in [2.05, 4.69) is 10.2 Å². The molecule has 3 rings (SSSR count). The van der Waals surface area contributed by atoms with Gasteiger partial charge < -0.3 is 5.32 Å². The van der Waals surface area contributed by atoms with E-state index in [1.54, 1.807) is 0 Å². The molecule has 36 heavy (non-hydrogen) atoms. The summed E-state index contributed by atoms with van der Waals surface area (Å²) in [4.78, 5) is 11.6. The molecule has 188 valence electrons. The summed E-state index contributed by atoms with van der Waals surface area (Å²) in [6.45, 7) is 1.52. The van der Waals surface area contributed by atoms with Crippen molar-refractivity contribution in [1.29, 1.82) is 0 Å². The molecule has 0 spiro atoms. The van der Waals surface area contributed by atoms with Crippen LogP contribution in [0, 0.1) is 0 Å². The summed E-state index contributed by atoms with van der Waals surface area (Å²) < 4.78 is 90.7. The number of carbonyl (C=O) groups is 1. The second-order valence-corrected chi connectivity index (χ2v) is 7.55. The zero-order valence-electron chi connectivity index (χ0n) is 18.5. The SMILES string of the molecule is CC(=NN=C(c1ccccc1)c1ccccc1)c1cccc(NC(=O)C(F)(F)C(F)(F)C(F)(F)F)c1. The smallest absolute Gasteiger partial charge is 0.321 e. The fourth-order valence-corrected chi connectivity index (χ4v) is 3.01. The van der Waals surface area contributed by atoms with E-state index in [0.717, 1.165) is 23.3 Å². The molecule has 3 aromatic carbocycles. The molecule has 0 saturated carbocycles. The maximum Gasteiger partial charge on any atom is 0.460 e. The van der Waals surface area contributed by atoms with Crippen molar-refractivity contribution < 1.29 is 35.5 Å². The minimum Gasteiger partial charge on any atom is -0.321 e. The van der Waals surface area contributed by atoms with Crippen LogP contribution in [0.2, 0.25) is 0 Å². The third-order valence-corrected chi connectivity index (χ3v) is 4.97. The Bertz CT molecular complexity index is 1230. The molecule has 0 aliphatic heterocycles. The van der Waals surface area contributed by atoms with Gasteiger partial charge in [0.1, 0.15) is 5.71 Å². The molecule has 0 aliphatic carbocycles. The summed E-state index contributed by atoms with van der Waals surface area (Å²) in [5, 5.41) is 9.88. The molecule has 0 aliphatic rings. The Balaban J connectivity index is 1.89. The summed E-state index contributed by atoms with van der Waals surface area (Å²) >= 11 is 0. The molecule has 3 aromatic rings. The zero-order chi connectivity index (χ0) is 26.6. The highest BCUT2D eigenvalue weighted by molar-refractivity contribution is 6.13. The fraction of sp³-hybridized carbons (Fsp3) is 0.160. The number of nitrogens with one attached hydrogen (secondary N) is 1. The lowest BCUT2D eigenvalue weighted by molar-refractivity contribution is -0.343. The summed E-state index contributed by atoms with van der Waals surface area (Å²) in [7, 11) is 0. The molecule has 1 amide bonds. The molecule has 11 heteroatoms. The van der Waals surface area contributed by atoms with Gasteiger partial charge in [-0.1, -0.05) is 72.8 Å². The quantitative estimate of drug-likeness (QED) is 0.215. The number of amides is 1. The Hall–Kier alpha value is -4.02. The van der Waals surface area contributed by atoms with Gasteiger partial charge in [0.2, 0.25) is 0 Å². The van der Waals surface area contributed by atoms with Crippen molar-refractivity contribution in [3.8, 4) is 0 Å². The molecular formula is C25H18F7N3O. The third kappa shape index (κ3) is 5.61. The van der Waals surface area contributed by atoms with Gasteiger partial charge in [0.15, 0.2) is 0 Å². The summed E-state index contributed by atoms with van der Waals surface area (Å²) in [6.07, 6.45) is -6.62. The first kappa shape index (κ1) is 26.6. The normalized spacial score (nSPS) is 12.7. The van der Waals surface area contributed by atoms with Gasteiger partial charge in [-0.05, 0) is 24.6 Å². The average Bonchev–Trinajstić information content (AvgIpc) is 2.84. The Morgan fingerprint density at radius 1 is 0.694 bits per heavy atom. The molecule has 1 N–H and O–H groups in total. The van der Waals surface area contributed by atoms with Gasteiger partial charge in [-0.25, -0.2) is 0 Å². The highest BCUT2D eigenvalue weighted by Crippen LogP contribution is 2.46. The van der Waals surface area contributed by atoms with Crippen LogP contribution in [-0.2, 0) is 4.79 Å². The van der Waals surface area contributed by atoms with Crippen molar-refractivity contribution in [2.75, 3.05) is 5.32 Å². The maximum absolute atomic E-state index is 13.6. The first-order valence-corrected chi connectivity index (χ1v) is 10.3. The van der Waals surface area contributed by atoms with Crippen LogP contribution in [0.15, 0.2) is 95.1 Å². The predicted octanol–water partition coefficient (Wildman–Crippen LogP) is 6.72. The molecule has 0 fully saturated rings. The first-order valence-electron chi connectivity index (χ1n) is 10.3. The predicted molar refractivity (Wildman–Crippen MR) is 122 cm³/mol. The zero-order valence-corrected chi connectivity index (χ0v) is 18.5. The topological polar surface area (TPSA) is 53.8 Å². The van der Waals surface area contributed by atoms with E-state index in [0.29, 0.717) is 5.71 Å². The number of nitrogens with zero attached hydrogens (tertiary/aromatic N) is 2. The summed E-state index contributed by atoms with van der Waals surface area (Å²) in [6, 6.07) is 23.1. The number of anilines is 1. The average molecular weight is 509 g/mol. The van der Waals surface area contributed by atoms with Crippen molar-refractivity contribution in [3.63, 3.8) is 0 Å². The van der Waals surface area contributed by atoms with E-state index in [-0.39, 0.29) is 11.3 Å². The van der Waals surface area contributed by atoms with Gasteiger partial charge >= 0.3 is 23.9 Å². The van der Waals surface area contributed by atoms with Crippen LogP contribution in [0.3, 0.4) is 0 Å². The van der Waals surface area contributed by atoms with Crippen molar-refractivity contribution in [2.24, 2.45) is 10.2 Å². The van der Waals surface area contributed by atoms with E-state index in [1.807, 2.05) is 60.7 Å². The van der Waals surface area contributed by atoms with E-state index in [9.17, 15) is 35.5 Å². The molecule has 0 saturated heterocycles. The molecule has 0 aromatic heterocycles. The van der Waals surface area contributed by atoms with Crippen molar-refractivity contribution in [1.82, 2.24) is 0 Å². The maximum atomic E-state index is 13.6. The largest absolute Gasteiger partial charge is 0.460 e. The highest BCUT2D eigenvalue weighted by Gasteiger charge is 2.76. The first-order chi connectivity index (χ1) is 16.8. The lowest BCUT2D eigenvalue weighted by atomic mass is 10.0. The molecule has 0 bridgehead atoms. The van der Waals surface area contributed by atoms with Gasteiger partial charge in [0, 0.05) is 16.8 Å².